The van der Waals surface area contributed by atoms with E-state index in [9.17, 15) is 15.4 Å². The number of fused-ring (bicyclic) bond motifs is 1. The fourth-order valence-corrected chi connectivity index (χ4v) is 4.07. The van der Waals surface area contributed by atoms with Crippen LogP contribution in [0, 0.1) is 28.4 Å². The van der Waals surface area contributed by atoms with Gasteiger partial charge in [-0.15, -0.1) is 0 Å². The van der Waals surface area contributed by atoms with Crippen molar-refractivity contribution in [2.75, 3.05) is 5.32 Å². The highest BCUT2D eigenvalue weighted by molar-refractivity contribution is 6.36. The molecule has 1 aliphatic heterocycles. The van der Waals surface area contributed by atoms with Gasteiger partial charge >= 0.3 is 0 Å². The first-order chi connectivity index (χ1) is 14.3. The third kappa shape index (κ3) is 3.14. The summed E-state index contributed by atoms with van der Waals surface area (Å²) in [5.41, 5.74) is 8.84. The van der Waals surface area contributed by atoms with E-state index in [0.29, 0.717) is 38.2 Å². The predicted molar refractivity (Wildman–Crippen MR) is 114 cm³/mol. The Hall–Kier alpha value is -3.54. The topological polar surface area (TPSA) is 123 Å². The van der Waals surface area contributed by atoms with Gasteiger partial charge in [-0.1, -0.05) is 41.4 Å². The Labute approximate surface area is 181 Å². The Morgan fingerprint density at radius 3 is 2.73 bits per heavy atom. The molecule has 1 unspecified atom stereocenters. The highest BCUT2D eigenvalue weighted by atomic mass is 35.5. The van der Waals surface area contributed by atoms with Gasteiger partial charge in [0.05, 0.1) is 21.2 Å². The van der Waals surface area contributed by atoms with Crippen molar-refractivity contribution in [3.63, 3.8) is 0 Å². The molecule has 150 valence electrons. The third-order valence-corrected chi connectivity index (χ3v) is 5.41. The summed E-state index contributed by atoms with van der Waals surface area (Å²) in [7, 11) is 0. The predicted octanol–water partition coefficient (Wildman–Crippen LogP) is 4.78. The zero-order valence-electron chi connectivity index (χ0n) is 15.6. The molecule has 2 heterocycles. The molecule has 3 N–H and O–H groups in total. The van der Waals surface area contributed by atoms with Gasteiger partial charge in [0.1, 0.15) is 23.7 Å². The maximum Gasteiger partial charge on any atom is 0.269 e. The van der Waals surface area contributed by atoms with Crippen LogP contribution in [0.25, 0.3) is 11.1 Å². The molecule has 10 heteroatoms. The van der Waals surface area contributed by atoms with Gasteiger partial charge in [0, 0.05) is 28.3 Å². The van der Waals surface area contributed by atoms with Crippen LogP contribution in [-0.2, 0) is 0 Å². The molecule has 3 aromatic rings. The van der Waals surface area contributed by atoms with Crippen molar-refractivity contribution in [2.24, 2.45) is 5.73 Å². The molecular formula is C20H14Cl2N6O2. The Kier molecular flexibility index (Phi) is 4.86. The normalized spacial score (nSPS) is 15.3. The summed E-state index contributed by atoms with van der Waals surface area (Å²) in [6.07, 6.45) is 0. The van der Waals surface area contributed by atoms with E-state index in [2.05, 4.69) is 16.5 Å². The van der Waals surface area contributed by atoms with E-state index in [-0.39, 0.29) is 17.1 Å². The summed E-state index contributed by atoms with van der Waals surface area (Å²) in [6, 6.07) is 12.5. The molecule has 2 aromatic carbocycles. The summed E-state index contributed by atoms with van der Waals surface area (Å²) in [6.45, 7) is 1.81. The van der Waals surface area contributed by atoms with Crippen LogP contribution in [0.4, 0.5) is 11.5 Å². The zero-order valence-corrected chi connectivity index (χ0v) is 17.1. The van der Waals surface area contributed by atoms with Crippen LogP contribution >= 0.6 is 23.2 Å². The van der Waals surface area contributed by atoms with E-state index in [1.165, 1.54) is 12.1 Å². The molecular weight excluding hydrogens is 427 g/mol. The SMILES string of the molecule is Cc1nn2c(c1-c1ccc(Cl)cc1Cl)NC(N)=C(C#N)C2c1cccc([N+](=O)[O-])c1. The molecule has 0 amide bonds. The van der Waals surface area contributed by atoms with Crippen LogP contribution in [0.15, 0.2) is 53.9 Å². The molecule has 0 saturated carbocycles. The van der Waals surface area contributed by atoms with E-state index in [1.807, 2.05) is 0 Å². The fourth-order valence-electron chi connectivity index (χ4n) is 3.57. The van der Waals surface area contributed by atoms with Crippen molar-refractivity contribution in [3.05, 3.63) is 85.3 Å². The second kappa shape index (κ2) is 7.37. The molecule has 1 aromatic heterocycles. The number of anilines is 1. The highest BCUT2D eigenvalue weighted by Gasteiger charge is 2.33. The van der Waals surface area contributed by atoms with E-state index in [4.69, 9.17) is 28.9 Å². The zero-order chi connectivity index (χ0) is 21.6. The number of aromatic nitrogens is 2. The summed E-state index contributed by atoms with van der Waals surface area (Å²) in [5, 5.41) is 29.6. The van der Waals surface area contributed by atoms with Gasteiger partial charge in [-0.2, -0.15) is 10.4 Å². The first-order valence-electron chi connectivity index (χ1n) is 8.77. The lowest BCUT2D eigenvalue weighted by atomic mass is 9.96. The highest BCUT2D eigenvalue weighted by Crippen LogP contribution is 2.43. The number of nitrogens with zero attached hydrogens (tertiary/aromatic N) is 4. The maximum atomic E-state index is 11.2. The molecule has 0 bridgehead atoms. The van der Waals surface area contributed by atoms with Gasteiger partial charge < -0.3 is 11.1 Å². The molecule has 0 saturated heterocycles. The second-order valence-electron chi connectivity index (χ2n) is 6.70. The second-order valence-corrected chi connectivity index (χ2v) is 7.54. The van der Waals surface area contributed by atoms with Crippen LogP contribution in [-0.4, -0.2) is 14.7 Å². The minimum atomic E-state index is -0.732. The summed E-state index contributed by atoms with van der Waals surface area (Å²) in [4.78, 5) is 10.8. The van der Waals surface area contributed by atoms with E-state index in [1.54, 1.807) is 41.9 Å². The summed E-state index contributed by atoms with van der Waals surface area (Å²) in [5.74, 6) is 0.678. The first kappa shape index (κ1) is 19.8. The number of rotatable bonds is 3. The number of non-ortho nitro benzene ring substituents is 1. The number of nitrogens with one attached hydrogen (secondary N) is 1. The van der Waals surface area contributed by atoms with Crippen molar-refractivity contribution in [1.82, 2.24) is 9.78 Å². The van der Waals surface area contributed by atoms with E-state index < -0.39 is 11.0 Å². The molecule has 1 atom stereocenters. The van der Waals surface area contributed by atoms with Gasteiger partial charge in [0.25, 0.3) is 5.69 Å². The van der Waals surface area contributed by atoms with Gasteiger partial charge in [0.15, 0.2) is 0 Å². The molecule has 0 spiro atoms. The Morgan fingerprint density at radius 2 is 2.07 bits per heavy atom. The lowest BCUT2D eigenvalue weighted by Gasteiger charge is -2.27. The van der Waals surface area contributed by atoms with Crippen LogP contribution < -0.4 is 11.1 Å². The first-order valence-corrected chi connectivity index (χ1v) is 9.53. The Balaban J connectivity index is 1.96. The molecule has 4 rings (SSSR count). The number of nitriles is 1. The van der Waals surface area contributed by atoms with Gasteiger partial charge in [0.2, 0.25) is 0 Å². The molecule has 0 radical (unpaired) electrons. The van der Waals surface area contributed by atoms with Crippen molar-refractivity contribution >= 4 is 34.7 Å². The molecule has 8 nitrogen and oxygen atoms in total. The number of halogens is 2. The largest absolute Gasteiger partial charge is 0.384 e. The Morgan fingerprint density at radius 1 is 1.30 bits per heavy atom. The number of nitrogens with two attached hydrogens (primary N) is 1. The average molecular weight is 441 g/mol. The summed E-state index contributed by atoms with van der Waals surface area (Å²) < 4.78 is 1.60. The molecule has 1 aliphatic rings. The number of benzene rings is 2. The lowest BCUT2D eigenvalue weighted by molar-refractivity contribution is -0.384. The smallest absolute Gasteiger partial charge is 0.269 e. The monoisotopic (exact) mass is 440 g/mol. The number of allylic oxidation sites excluding steroid dienone is 1. The van der Waals surface area contributed by atoms with Gasteiger partial charge in [-0.3, -0.25) is 10.1 Å². The molecule has 0 aliphatic carbocycles. The molecule has 0 fully saturated rings. The van der Waals surface area contributed by atoms with Crippen molar-refractivity contribution in [3.8, 4) is 17.2 Å². The van der Waals surface area contributed by atoms with E-state index >= 15 is 0 Å². The van der Waals surface area contributed by atoms with Crippen molar-refractivity contribution < 1.29 is 4.92 Å². The van der Waals surface area contributed by atoms with Crippen LogP contribution in [0.1, 0.15) is 17.3 Å². The van der Waals surface area contributed by atoms with Gasteiger partial charge in [-0.25, -0.2) is 4.68 Å². The number of hydrogen-bond donors (Lipinski definition) is 2. The standard InChI is InChI=1S/C20H14Cl2N6O2/c1-10-17(14-6-5-12(21)8-16(14)22)20-25-19(24)15(9-23)18(27(20)26-10)11-3-2-4-13(7-11)28(29)30/h2-8,18,25H,24H2,1H3. The van der Waals surface area contributed by atoms with Gasteiger partial charge in [-0.05, 0) is 24.6 Å². The average Bonchev–Trinajstić information content (AvgIpc) is 3.02. The quantitative estimate of drug-likeness (QED) is 0.445. The lowest BCUT2D eigenvalue weighted by Crippen LogP contribution is -2.28. The van der Waals surface area contributed by atoms with Crippen LogP contribution in [0.2, 0.25) is 10.0 Å². The fraction of sp³-hybridized carbons (Fsp3) is 0.100. The van der Waals surface area contributed by atoms with Crippen LogP contribution in [0.5, 0.6) is 0 Å². The number of aryl methyl sites for hydroxylation is 1. The van der Waals surface area contributed by atoms with Crippen molar-refractivity contribution in [1.29, 1.82) is 5.26 Å². The Bertz CT molecular complexity index is 1270. The number of hydrogen-bond acceptors (Lipinski definition) is 6. The molecule has 30 heavy (non-hydrogen) atoms. The van der Waals surface area contributed by atoms with Crippen molar-refractivity contribution in [2.45, 2.75) is 13.0 Å². The summed E-state index contributed by atoms with van der Waals surface area (Å²) >= 11 is 12.4. The van der Waals surface area contributed by atoms with E-state index in [0.717, 1.165) is 0 Å². The number of nitro groups is 1. The third-order valence-electron chi connectivity index (χ3n) is 4.86. The number of nitro benzene ring substituents is 1. The minimum absolute atomic E-state index is 0.0895. The van der Waals surface area contributed by atoms with Crippen LogP contribution in [0.3, 0.4) is 0 Å². The maximum absolute atomic E-state index is 11.2. The minimum Gasteiger partial charge on any atom is -0.384 e.